The molecule has 0 heterocycles. The van der Waals surface area contributed by atoms with Crippen LogP contribution < -0.4 is 0 Å². The molecule has 0 saturated heterocycles. The molecule has 6 heteroatoms. The standard InChI is InChI=1S/C16H26O6/c17-6-7-19-8-9-20-10-11-21-13-16(18)14-22-12-15-4-2-1-3-5-15/h1-5,16-18H,6-14H2. The van der Waals surface area contributed by atoms with Gasteiger partial charge in [0.15, 0.2) is 0 Å². The maximum atomic E-state index is 9.69. The minimum absolute atomic E-state index is 0.0212. The molecule has 0 aliphatic rings. The third kappa shape index (κ3) is 10.7. The van der Waals surface area contributed by atoms with Crippen LogP contribution in [0.25, 0.3) is 0 Å². The van der Waals surface area contributed by atoms with Crippen LogP contribution >= 0.6 is 0 Å². The Bertz CT molecular complexity index is 346. The van der Waals surface area contributed by atoms with E-state index in [0.29, 0.717) is 39.6 Å². The van der Waals surface area contributed by atoms with Crippen molar-refractivity contribution in [1.29, 1.82) is 0 Å². The largest absolute Gasteiger partial charge is 0.394 e. The van der Waals surface area contributed by atoms with Gasteiger partial charge in [-0.2, -0.15) is 0 Å². The number of aliphatic hydroxyl groups excluding tert-OH is 2. The van der Waals surface area contributed by atoms with Crippen LogP contribution in [0.4, 0.5) is 0 Å². The van der Waals surface area contributed by atoms with E-state index in [1.54, 1.807) is 0 Å². The lowest BCUT2D eigenvalue weighted by Gasteiger charge is -2.12. The predicted octanol–water partition coefficient (Wildman–Crippen LogP) is 0.606. The smallest absolute Gasteiger partial charge is 0.101 e. The second-order valence-electron chi connectivity index (χ2n) is 4.68. The Morgan fingerprint density at radius 2 is 1.36 bits per heavy atom. The molecule has 0 aliphatic heterocycles. The zero-order chi connectivity index (χ0) is 15.9. The average Bonchev–Trinajstić information content (AvgIpc) is 2.54. The summed E-state index contributed by atoms with van der Waals surface area (Å²) >= 11 is 0. The van der Waals surface area contributed by atoms with Crippen molar-refractivity contribution in [3.05, 3.63) is 35.9 Å². The number of ether oxygens (including phenoxy) is 4. The van der Waals surface area contributed by atoms with Crippen molar-refractivity contribution in [2.45, 2.75) is 12.7 Å². The van der Waals surface area contributed by atoms with E-state index in [1.165, 1.54) is 0 Å². The molecular formula is C16H26O6. The summed E-state index contributed by atoms with van der Waals surface area (Å²) in [7, 11) is 0. The molecule has 0 saturated carbocycles. The molecule has 0 radical (unpaired) electrons. The highest BCUT2D eigenvalue weighted by Gasteiger charge is 2.04. The summed E-state index contributed by atoms with van der Waals surface area (Å²) in [6.45, 7) is 3.07. The van der Waals surface area contributed by atoms with Gasteiger partial charge >= 0.3 is 0 Å². The molecule has 0 fully saturated rings. The maximum Gasteiger partial charge on any atom is 0.101 e. The summed E-state index contributed by atoms with van der Waals surface area (Å²) in [5, 5.41) is 18.2. The van der Waals surface area contributed by atoms with Crippen LogP contribution in [0, 0.1) is 0 Å². The maximum absolute atomic E-state index is 9.69. The van der Waals surface area contributed by atoms with Crippen molar-refractivity contribution in [2.24, 2.45) is 0 Å². The van der Waals surface area contributed by atoms with E-state index in [9.17, 15) is 5.11 Å². The van der Waals surface area contributed by atoms with E-state index in [2.05, 4.69) is 0 Å². The van der Waals surface area contributed by atoms with E-state index in [4.69, 9.17) is 24.1 Å². The van der Waals surface area contributed by atoms with Crippen LogP contribution in [0.3, 0.4) is 0 Å². The molecule has 1 atom stereocenters. The summed E-state index contributed by atoms with van der Waals surface area (Å²) in [5.74, 6) is 0. The highest BCUT2D eigenvalue weighted by molar-refractivity contribution is 5.13. The van der Waals surface area contributed by atoms with E-state index >= 15 is 0 Å². The zero-order valence-electron chi connectivity index (χ0n) is 12.9. The molecule has 1 rings (SSSR count). The Morgan fingerprint density at radius 3 is 2.05 bits per heavy atom. The number of hydrogen-bond acceptors (Lipinski definition) is 6. The first-order chi connectivity index (χ1) is 10.8. The SMILES string of the molecule is OCCOCCOCCOCC(O)COCc1ccccc1. The Morgan fingerprint density at radius 1 is 0.773 bits per heavy atom. The van der Waals surface area contributed by atoms with Crippen molar-refractivity contribution < 1.29 is 29.2 Å². The van der Waals surface area contributed by atoms with Crippen molar-refractivity contribution in [2.75, 3.05) is 52.9 Å². The van der Waals surface area contributed by atoms with Gasteiger partial charge in [-0.3, -0.25) is 0 Å². The summed E-state index contributed by atoms with van der Waals surface area (Å²) in [6, 6.07) is 9.81. The lowest BCUT2D eigenvalue weighted by Crippen LogP contribution is -2.23. The molecule has 0 amide bonds. The topological polar surface area (TPSA) is 77.4 Å². The van der Waals surface area contributed by atoms with Gasteiger partial charge in [0.25, 0.3) is 0 Å². The minimum Gasteiger partial charge on any atom is -0.394 e. The predicted molar refractivity (Wildman–Crippen MR) is 81.6 cm³/mol. The molecule has 22 heavy (non-hydrogen) atoms. The number of benzene rings is 1. The lowest BCUT2D eigenvalue weighted by molar-refractivity contribution is -0.0401. The fourth-order valence-corrected chi connectivity index (χ4v) is 1.66. The monoisotopic (exact) mass is 314 g/mol. The van der Waals surface area contributed by atoms with Gasteiger partial charge in [0.05, 0.1) is 59.5 Å². The summed E-state index contributed by atoms with van der Waals surface area (Å²) in [4.78, 5) is 0. The molecular weight excluding hydrogens is 288 g/mol. The third-order valence-corrected chi connectivity index (χ3v) is 2.71. The second kappa shape index (κ2) is 13.6. The van der Waals surface area contributed by atoms with Gasteiger partial charge in [0.2, 0.25) is 0 Å². The summed E-state index contributed by atoms with van der Waals surface area (Å²) in [5.41, 5.74) is 1.08. The van der Waals surface area contributed by atoms with Crippen LogP contribution in [0.1, 0.15) is 5.56 Å². The first kappa shape index (κ1) is 19.0. The highest BCUT2D eigenvalue weighted by atomic mass is 16.5. The van der Waals surface area contributed by atoms with Crippen molar-refractivity contribution >= 4 is 0 Å². The van der Waals surface area contributed by atoms with Gasteiger partial charge in [-0.15, -0.1) is 0 Å². The van der Waals surface area contributed by atoms with Crippen LogP contribution in [0.15, 0.2) is 30.3 Å². The molecule has 2 N–H and O–H groups in total. The molecule has 6 nitrogen and oxygen atoms in total. The van der Waals surface area contributed by atoms with Crippen LogP contribution in [-0.4, -0.2) is 69.2 Å². The minimum atomic E-state index is -0.642. The van der Waals surface area contributed by atoms with Gasteiger partial charge < -0.3 is 29.2 Å². The van der Waals surface area contributed by atoms with E-state index < -0.39 is 6.10 Å². The molecule has 1 aromatic carbocycles. The van der Waals surface area contributed by atoms with Crippen LogP contribution in [0.2, 0.25) is 0 Å². The second-order valence-corrected chi connectivity index (χ2v) is 4.68. The quantitative estimate of drug-likeness (QED) is 0.490. The number of aliphatic hydroxyl groups is 2. The molecule has 0 spiro atoms. The van der Waals surface area contributed by atoms with Crippen molar-refractivity contribution in [3.8, 4) is 0 Å². The number of rotatable bonds is 14. The van der Waals surface area contributed by atoms with Gasteiger partial charge in [0, 0.05) is 0 Å². The first-order valence-electron chi connectivity index (χ1n) is 7.46. The van der Waals surface area contributed by atoms with Crippen LogP contribution in [-0.2, 0) is 25.6 Å². The van der Waals surface area contributed by atoms with Gasteiger partial charge in [-0.1, -0.05) is 30.3 Å². The normalized spacial score (nSPS) is 12.5. The van der Waals surface area contributed by atoms with Crippen molar-refractivity contribution in [1.82, 2.24) is 0 Å². The Labute approximate surface area is 131 Å². The summed E-state index contributed by atoms with van der Waals surface area (Å²) < 4.78 is 21.0. The average molecular weight is 314 g/mol. The summed E-state index contributed by atoms with van der Waals surface area (Å²) in [6.07, 6.45) is -0.642. The van der Waals surface area contributed by atoms with E-state index in [1.807, 2.05) is 30.3 Å². The zero-order valence-corrected chi connectivity index (χ0v) is 12.9. The van der Waals surface area contributed by atoms with Gasteiger partial charge in [0.1, 0.15) is 6.10 Å². The fourth-order valence-electron chi connectivity index (χ4n) is 1.66. The third-order valence-electron chi connectivity index (χ3n) is 2.71. The Hall–Kier alpha value is -1.02. The molecule has 1 unspecified atom stereocenters. The molecule has 0 aromatic heterocycles. The molecule has 1 aromatic rings. The lowest BCUT2D eigenvalue weighted by atomic mass is 10.2. The fraction of sp³-hybridized carbons (Fsp3) is 0.625. The van der Waals surface area contributed by atoms with Crippen LogP contribution in [0.5, 0.6) is 0 Å². The molecule has 0 aliphatic carbocycles. The highest BCUT2D eigenvalue weighted by Crippen LogP contribution is 2.01. The van der Waals surface area contributed by atoms with E-state index in [-0.39, 0.29) is 19.8 Å². The molecule has 126 valence electrons. The first-order valence-corrected chi connectivity index (χ1v) is 7.46. The Kier molecular flexibility index (Phi) is 11.8. The number of hydrogen-bond donors (Lipinski definition) is 2. The Balaban J connectivity index is 1.86. The molecule has 0 bridgehead atoms. The van der Waals surface area contributed by atoms with Gasteiger partial charge in [-0.25, -0.2) is 0 Å². The van der Waals surface area contributed by atoms with E-state index in [0.717, 1.165) is 5.56 Å². The van der Waals surface area contributed by atoms with Gasteiger partial charge in [-0.05, 0) is 5.56 Å². The van der Waals surface area contributed by atoms with Crippen molar-refractivity contribution in [3.63, 3.8) is 0 Å².